The van der Waals surface area contributed by atoms with Gasteiger partial charge in [0.25, 0.3) is 0 Å². The molecule has 4 rings (SSSR count). The van der Waals surface area contributed by atoms with Gasteiger partial charge in [-0.25, -0.2) is 0 Å². The zero-order valence-corrected chi connectivity index (χ0v) is 14.1. The van der Waals surface area contributed by atoms with Gasteiger partial charge in [-0.1, -0.05) is 36.4 Å². The summed E-state index contributed by atoms with van der Waals surface area (Å²) in [6.07, 6.45) is 4.96. The minimum atomic E-state index is -0.201. The highest BCUT2D eigenvalue weighted by Crippen LogP contribution is 2.35. The van der Waals surface area contributed by atoms with Gasteiger partial charge in [0.15, 0.2) is 0 Å². The second kappa shape index (κ2) is 6.36. The molecule has 0 amide bonds. The van der Waals surface area contributed by atoms with Crippen molar-refractivity contribution in [2.75, 3.05) is 19.7 Å². The van der Waals surface area contributed by atoms with E-state index in [4.69, 9.17) is 0 Å². The Morgan fingerprint density at radius 1 is 1.12 bits per heavy atom. The molecule has 2 aromatic heterocycles. The highest BCUT2D eigenvalue weighted by atomic mass is 16.3. The molecule has 1 aromatic carbocycles. The predicted molar refractivity (Wildman–Crippen MR) is 97.2 cm³/mol. The molecular formula is C21H21N3O. The first-order valence-corrected chi connectivity index (χ1v) is 8.63. The van der Waals surface area contributed by atoms with Crippen LogP contribution in [-0.4, -0.2) is 34.1 Å². The van der Waals surface area contributed by atoms with E-state index in [9.17, 15) is 10.4 Å². The molecule has 1 N–H and O–H groups in total. The number of fused-ring (bicyclic) bond motifs is 1. The van der Waals surface area contributed by atoms with Crippen LogP contribution in [0.4, 0.5) is 0 Å². The van der Waals surface area contributed by atoms with Crippen molar-refractivity contribution in [2.24, 2.45) is 0 Å². The Balaban J connectivity index is 1.60. The van der Waals surface area contributed by atoms with Crippen molar-refractivity contribution in [1.82, 2.24) is 9.30 Å². The van der Waals surface area contributed by atoms with E-state index in [1.165, 1.54) is 5.56 Å². The van der Waals surface area contributed by atoms with Crippen LogP contribution in [0.2, 0.25) is 0 Å². The number of aromatic nitrogens is 1. The second-order valence-electron chi connectivity index (χ2n) is 6.90. The monoisotopic (exact) mass is 331 g/mol. The fraction of sp³-hybridized carbons (Fsp3) is 0.286. The molecule has 3 heterocycles. The number of rotatable bonds is 4. The molecule has 1 atom stereocenters. The van der Waals surface area contributed by atoms with Crippen molar-refractivity contribution in [3.63, 3.8) is 0 Å². The Hall–Kier alpha value is -2.61. The van der Waals surface area contributed by atoms with Crippen molar-refractivity contribution in [3.8, 4) is 6.07 Å². The van der Waals surface area contributed by atoms with Crippen LogP contribution in [0.3, 0.4) is 0 Å². The van der Waals surface area contributed by atoms with Gasteiger partial charge in [0.05, 0.1) is 17.7 Å². The van der Waals surface area contributed by atoms with Crippen LogP contribution in [0.1, 0.15) is 23.1 Å². The summed E-state index contributed by atoms with van der Waals surface area (Å²) < 4.78 is 2.01. The minimum Gasteiger partial charge on any atom is -0.395 e. The average Bonchev–Trinajstić information content (AvgIpc) is 3.24. The predicted octanol–water partition coefficient (Wildman–Crippen LogP) is 2.95. The van der Waals surface area contributed by atoms with E-state index in [0.29, 0.717) is 0 Å². The van der Waals surface area contributed by atoms with Gasteiger partial charge in [0.1, 0.15) is 6.07 Å². The number of nitriles is 1. The van der Waals surface area contributed by atoms with Gasteiger partial charge < -0.3 is 9.51 Å². The van der Waals surface area contributed by atoms with Gasteiger partial charge in [0, 0.05) is 36.5 Å². The molecule has 0 bridgehead atoms. The molecule has 3 aromatic rings. The summed E-state index contributed by atoms with van der Waals surface area (Å²) >= 11 is 0. The molecule has 0 aliphatic carbocycles. The fourth-order valence-electron chi connectivity index (χ4n) is 4.01. The molecule has 1 saturated heterocycles. The van der Waals surface area contributed by atoms with E-state index in [1.807, 2.05) is 47.0 Å². The van der Waals surface area contributed by atoms with Crippen molar-refractivity contribution < 1.29 is 5.11 Å². The van der Waals surface area contributed by atoms with E-state index in [1.54, 1.807) is 0 Å². The lowest BCUT2D eigenvalue weighted by atomic mass is 9.80. The highest BCUT2D eigenvalue weighted by molar-refractivity contribution is 5.65. The van der Waals surface area contributed by atoms with Crippen molar-refractivity contribution >= 4 is 5.52 Å². The summed E-state index contributed by atoms with van der Waals surface area (Å²) in [5.41, 5.74) is 3.75. The average molecular weight is 331 g/mol. The third kappa shape index (κ3) is 2.72. The van der Waals surface area contributed by atoms with E-state index in [0.717, 1.165) is 42.7 Å². The molecule has 0 spiro atoms. The third-order valence-corrected chi connectivity index (χ3v) is 5.39. The maximum atomic E-state index is 10.1. The first-order chi connectivity index (χ1) is 12.3. The van der Waals surface area contributed by atoms with Gasteiger partial charge in [-0.3, -0.25) is 4.90 Å². The van der Waals surface area contributed by atoms with Crippen molar-refractivity contribution in [1.29, 1.82) is 5.26 Å². The fourth-order valence-corrected chi connectivity index (χ4v) is 4.01. The third-order valence-electron chi connectivity index (χ3n) is 5.39. The highest BCUT2D eigenvalue weighted by Gasteiger charge is 2.39. The Morgan fingerprint density at radius 3 is 2.68 bits per heavy atom. The molecule has 25 heavy (non-hydrogen) atoms. The summed E-state index contributed by atoms with van der Waals surface area (Å²) in [4.78, 5) is 2.35. The zero-order valence-electron chi connectivity index (χ0n) is 14.1. The van der Waals surface area contributed by atoms with Crippen molar-refractivity contribution in [2.45, 2.75) is 18.4 Å². The summed E-state index contributed by atoms with van der Waals surface area (Å²) in [6, 6.07) is 18.6. The van der Waals surface area contributed by atoms with E-state index in [-0.39, 0.29) is 12.0 Å². The van der Waals surface area contributed by atoms with Gasteiger partial charge in [-0.05, 0) is 30.7 Å². The van der Waals surface area contributed by atoms with Crippen LogP contribution in [0, 0.1) is 11.3 Å². The van der Waals surface area contributed by atoms with Crippen LogP contribution in [0.15, 0.2) is 60.9 Å². The Bertz CT molecular complexity index is 925. The molecule has 4 heteroatoms. The number of aliphatic hydroxyl groups excluding tert-OH is 1. The summed E-state index contributed by atoms with van der Waals surface area (Å²) in [5.74, 6) is 0. The van der Waals surface area contributed by atoms with Gasteiger partial charge >= 0.3 is 0 Å². The number of aliphatic hydroxyl groups is 1. The van der Waals surface area contributed by atoms with Crippen LogP contribution in [-0.2, 0) is 12.0 Å². The normalized spacial score (nSPS) is 20.8. The quantitative estimate of drug-likeness (QED) is 0.800. The van der Waals surface area contributed by atoms with Crippen molar-refractivity contribution in [3.05, 3.63) is 77.6 Å². The lowest BCUT2D eigenvalue weighted by Gasteiger charge is -2.28. The van der Waals surface area contributed by atoms with Gasteiger partial charge in [0.2, 0.25) is 0 Å². The lowest BCUT2D eigenvalue weighted by Crippen LogP contribution is -2.34. The lowest BCUT2D eigenvalue weighted by molar-refractivity contribution is 0.188. The van der Waals surface area contributed by atoms with Crippen LogP contribution < -0.4 is 0 Å². The molecule has 126 valence electrons. The Morgan fingerprint density at radius 2 is 1.92 bits per heavy atom. The number of pyridine rings is 1. The summed E-state index contributed by atoms with van der Waals surface area (Å²) in [5, 5.41) is 19.7. The molecule has 0 saturated carbocycles. The van der Waals surface area contributed by atoms with Gasteiger partial charge in [-0.15, -0.1) is 0 Å². The topological polar surface area (TPSA) is 51.7 Å². The van der Waals surface area contributed by atoms with E-state index in [2.05, 4.69) is 29.3 Å². The SMILES string of the molecule is N#Cc1c(CN2CCC(CO)(c3ccccc3)C2)cn2ccccc12. The molecule has 4 nitrogen and oxygen atoms in total. The van der Waals surface area contributed by atoms with E-state index >= 15 is 0 Å². The van der Waals surface area contributed by atoms with E-state index < -0.39 is 0 Å². The molecule has 1 aliphatic heterocycles. The number of nitrogens with zero attached hydrogens (tertiary/aromatic N) is 3. The number of hydrogen-bond donors (Lipinski definition) is 1. The molecular weight excluding hydrogens is 310 g/mol. The first-order valence-electron chi connectivity index (χ1n) is 8.63. The first kappa shape index (κ1) is 15.9. The van der Waals surface area contributed by atoms with Gasteiger partial charge in [-0.2, -0.15) is 5.26 Å². The number of benzene rings is 1. The van der Waals surface area contributed by atoms with Crippen LogP contribution in [0.25, 0.3) is 5.52 Å². The number of likely N-dealkylation sites (tertiary alicyclic amines) is 1. The summed E-state index contributed by atoms with van der Waals surface area (Å²) in [7, 11) is 0. The largest absolute Gasteiger partial charge is 0.395 e. The van der Waals surface area contributed by atoms with Crippen LogP contribution >= 0.6 is 0 Å². The minimum absolute atomic E-state index is 0.149. The summed E-state index contributed by atoms with van der Waals surface area (Å²) in [6.45, 7) is 2.62. The zero-order chi connectivity index (χ0) is 17.3. The van der Waals surface area contributed by atoms with Crippen LogP contribution in [0.5, 0.6) is 0 Å². The number of hydrogen-bond acceptors (Lipinski definition) is 3. The maximum Gasteiger partial charge on any atom is 0.102 e. The Kier molecular flexibility index (Phi) is 4.04. The molecule has 1 fully saturated rings. The molecule has 1 unspecified atom stereocenters. The molecule has 0 radical (unpaired) electrons. The molecule has 1 aliphatic rings. The Labute approximate surface area is 147 Å². The smallest absolute Gasteiger partial charge is 0.102 e. The second-order valence-corrected chi connectivity index (χ2v) is 6.90. The standard InChI is InChI=1S/C21H21N3O/c22-12-19-17(14-24-10-5-4-8-20(19)24)13-23-11-9-21(15-23,16-25)18-6-2-1-3-7-18/h1-8,10,14,25H,9,11,13,15-16H2. The maximum absolute atomic E-state index is 10.1.